The van der Waals surface area contributed by atoms with Crippen molar-refractivity contribution in [2.75, 3.05) is 7.11 Å². The van der Waals surface area contributed by atoms with Gasteiger partial charge in [0.2, 0.25) is 0 Å². The van der Waals surface area contributed by atoms with E-state index in [1.807, 2.05) is 7.11 Å². The molecule has 0 aromatic carbocycles. The van der Waals surface area contributed by atoms with E-state index in [0.29, 0.717) is 0 Å². The van der Waals surface area contributed by atoms with Gasteiger partial charge >= 0.3 is 0 Å². The molecule has 0 spiro atoms. The van der Waals surface area contributed by atoms with E-state index >= 15 is 0 Å². The molecule has 0 saturated carbocycles. The highest BCUT2D eigenvalue weighted by Gasteiger charge is 2.23. The van der Waals surface area contributed by atoms with Gasteiger partial charge in [-0.3, -0.25) is 0 Å². The van der Waals surface area contributed by atoms with Gasteiger partial charge < -0.3 is 4.74 Å². The predicted octanol–water partition coefficient (Wildman–Crippen LogP) is 3.94. The standard InChI is InChI=1S/C11H15IO/c1-13-11-7-3-4-8-9(11)5-2-6-10(8)12/h2-7H2,1H3. The Kier molecular flexibility index (Phi) is 2.96. The van der Waals surface area contributed by atoms with Gasteiger partial charge in [-0.05, 0) is 69.4 Å². The number of fused-ring (bicyclic) bond motifs is 1. The van der Waals surface area contributed by atoms with E-state index in [9.17, 15) is 0 Å². The van der Waals surface area contributed by atoms with Crippen LogP contribution in [0.25, 0.3) is 0 Å². The molecule has 0 amide bonds. The molecule has 0 unspecified atom stereocenters. The minimum absolute atomic E-state index is 1.15. The molecule has 0 radical (unpaired) electrons. The summed E-state index contributed by atoms with van der Waals surface area (Å²) in [7, 11) is 1.81. The molecule has 2 rings (SSSR count). The van der Waals surface area contributed by atoms with Crippen LogP contribution in [0, 0.1) is 0 Å². The maximum atomic E-state index is 5.45. The zero-order chi connectivity index (χ0) is 9.26. The van der Waals surface area contributed by atoms with Gasteiger partial charge in [-0.25, -0.2) is 0 Å². The van der Waals surface area contributed by atoms with Crippen LogP contribution in [0.5, 0.6) is 0 Å². The molecule has 72 valence electrons. The summed E-state index contributed by atoms with van der Waals surface area (Å²) in [6, 6.07) is 0. The summed E-state index contributed by atoms with van der Waals surface area (Å²) in [6.07, 6.45) is 7.54. The van der Waals surface area contributed by atoms with Gasteiger partial charge in [-0.15, -0.1) is 0 Å². The first-order chi connectivity index (χ1) is 6.33. The molecule has 2 aliphatic rings. The third kappa shape index (κ3) is 1.78. The molecule has 0 bridgehead atoms. The van der Waals surface area contributed by atoms with Crippen molar-refractivity contribution in [1.82, 2.24) is 0 Å². The number of methoxy groups -OCH3 is 1. The fourth-order valence-corrected chi connectivity index (χ4v) is 3.26. The summed E-state index contributed by atoms with van der Waals surface area (Å²) in [5, 5.41) is 0. The van der Waals surface area contributed by atoms with Crippen molar-refractivity contribution in [2.24, 2.45) is 0 Å². The third-order valence-corrected chi connectivity index (χ3v) is 4.12. The Bertz CT molecular complexity index is 276. The first-order valence-electron chi connectivity index (χ1n) is 4.97. The van der Waals surface area contributed by atoms with Crippen LogP contribution in [-0.4, -0.2) is 7.11 Å². The molecule has 2 heteroatoms. The zero-order valence-corrected chi connectivity index (χ0v) is 10.2. The van der Waals surface area contributed by atoms with E-state index in [1.54, 1.807) is 9.15 Å². The summed E-state index contributed by atoms with van der Waals surface area (Å²) in [5.74, 6) is 1.26. The highest BCUT2D eigenvalue weighted by molar-refractivity contribution is 14.1. The molecule has 0 aliphatic heterocycles. The topological polar surface area (TPSA) is 9.23 Å². The van der Waals surface area contributed by atoms with E-state index in [0.717, 1.165) is 6.42 Å². The maximum Gasteiger partial charge on any atom is 0.0990 e. The summed E-state index contributed by atoms with van der Waals surface area (Å²) in [4.78, 5) is 0. The van der Waals surface area contributed by atoms with Crippen LogP contribution in [0.1, 0.15) is 38.5 Å². The van der Waals surface area contributed by atoms with Crippen molar-refractivity contribution in [3.63, 3.8) is 0 Å². The SMILES string of the molecule is COC1=C2CCCC(I)=C2CCC1. The lowest BCUT2D eigenvalue weighted by Gasteiger charge is -2.27. The average molecular weight is 290 g/mol. The molecule has 0 saturated heterocycles. The van der Waals surface area contributed by atoms with E-state index < -0.39 is 0 Å². The fraction of sp³-hybridized carbons (Fsp3) is 0.636. The van der Waals surface area contributed by atoms with Gasteiger partial charge in [0.15, 0.2) is 0 Å². The lowest BCUT2D eigenvalue weighted by molar-refractivity contribution is 0.264. The number of rotatable bonds is 1. The van der Waals surface area contributed by atoms with Crippen LogP contribution in [0.3, 0.4) is 0 Å². The summed E-state index contributed by atoms with van der Waals surface area (Å²) < 4.78 is 7.03. The number of allylic oxidation sites excluding steroid dienone is 4. The second kappa shape index (κ2) is 4.03. The summed E-state index contributed by atoms with van der Waals surface area (Å²) in [6.45, 7) is 0. The minimum atomic E-state index is 1.15. The van der Waals surface area contributed by atoms with Gasteiger partial charge in [-0.2, -0.15) is 0 Å². The van der Waals surface area contributed by atoms with Crippen molar-refractivity contribution >= 4 is 22.6 Å². The first-order valence-corrected chi connectivity index (χ1v) is 6.04. The molecule has 0 N–H and O–H groups in total. The highest BCUT2D eigenvalue weighted by atomic mass is 127. The van der Waals surface area contributed by atoms with Gasteiger partial charge in [-0.1, -0.05) is 0 Å². The van der Waals surface area contributed by atoms with Crippen molar-refractivity contribution in [2.45, 2.75) is 38.5 Å². The average Bonchev–Trinajstić information content (AvgIpc) is 2.18. The minimum Gasteiger partial charge on any atom is -0.501 e. The van der Waals surface area contributed by atoms with Crippen LogP contribution in [0.2, 0.25) is 0 Å². The normalized spacial score (nSPS) is 23.2. The Morgan fingerprint density at radius 2 is 1.69 bits per heavy atom. The summed E-state index contributed by atoms with van der Waals surface area (Å²) in [5.41, 5.74) is 3.14. The van der Waals surface area contributed by atoms with Crippen molar-refractivity contribution in [1.29, 1.82) is 0 Å². The number of halogens is 1. The van der Waals surface area contributed by atoms with Crippen LogP contribution < -0.4 is 0 Å². The summed E-state index contributed by atoms with van der Waals surface area (Å²) >= 11 is 2.51. The molecule has 13 heavy (non-hydrogen) atoms. The second-order valence-electron chi connectivity index (χ2n) is 3.70. The largest absolute Gasteiger partial charge is 0.501 e. The lowest BCUT2D eigenvalue weighted by atomic mass is 9.84. The molecule has 2 aliphatic carbocycles. The van der Waals surface area contributed by atoms with Crippen LogP contribution in [-0.2, 0) is 4.74 Å². The van der Waals surface area contributed by atoms with Gasteiger partial charge in [0, 0.05) is 6.42 Å². The Morgan fingerprint density at radius 1 is 1.00 bits per heavy atom. The lowest BCUT2D eigenvalue weighted by Crippen LogP contribution is -2.09. The van der Waals surface area contributed by atoms with Gasteiger partial charge in [0.05, 0.1) is 12.9 Å². The van der Waals surface area contributed by atoms with Crippen LogP contribution >= 0.6 is 22.6 Å². The quantitative estimate of drug-likeness (QED) is 0.665. The molecule has 0 aromatic rings. The van der Waals surface area contributed by atoms with Crippen LogP contribution in [0.15, 0.2) is 20.5 Å². The van der Waals surface area contributed by atoms with Crippen molar-refractivity contribution in [3.05, 3.63) is 20.5 Å². The number of hydrogen-bond donors (Lipinski definition) is 0. The van der Waals surface area contributed by atoms with E-state index in [1.165, 1.54) is 43.4 Å². The molecule has 1 nitrogen and oxygen atoms in total. The van der Waals surface area contributed by atoms with Gasteiger partial charge in [0.25, 0.3) is 0 Å². The molecule has 0 heterocycles. The molecule has 0 atom stereocenters. The molecule has 0 fully saturated rings. The monoisotopic (exact) mass is 290 g/mol. The Balaban J connectivity index is 2.41. The van der Waals surface area contributed by atoms with E-state index in [4.69, 9.17) is 4.74 Å². The van der Waals surface area contributed by atoms with Crippen LogP contribution in [0.4, 0.5) is 0 Å². The van der Waals surface area contributed by atoms with Crippen molar-refractivity contribution < 1.29 is 4.74 Å². The maximum absolute atomic E-state index is 5.45. The Labute approximate surface area is 93.4 Å². The third-order valence-electron chi connectivity index (χ3n) is 2.93. The smallest absolute Gasteiger partial charge is 0.0990 e. The van der Waals surface area contributed by atoms with E-state index in [2.05, 4.69) is 22.6 Å². The Hall–Kier alpha value is 0.01000. The fourth-order valence-electron chi connectivity index (χ4n) is 2.28. The molecule has 0 aromatic heterocycles. The zero-order valence-electron chi connectivity index (χ0n) is 8.03. The number of ether oxygens (including phenoxy) is 1. The Morgan fingerprint density at radius 3 is 2.46 bits per heavy atom. The second-order valence-corrected chi connectivity index (χ2v) is 5.00. The molecular formula is C11H15IO. The first kappa shape index (κ1) is 9.56. The number of hydrogen-bond acceptors (Lipinski definition) is 1. The molecular weight excluding hydrogens is 275 g/mol. The van der Waals surface area contributed by atoms with Gasteiger partial charge in [0.1, 0.15) is 0 Å². The van der Waals surface area contributed by atoms with E-state index in [-0.39, 0.29) is 0 Å². The predicted molar refractivity (Wildman–Crippen MR) is 62.8 cm³/mol. The van der Waals surface area contributed by atoms with Crippen molar-refractivity contribution in [3.8, 4) is 0 Å². The highest BCUT2D eigenvalue weighted by Crippen LogP contribution is 2.41.